The molecular weight excluding hydrogens is 310 g/mol. The smallest absolute Gasteiger partial charge is 0.206 e. The normalized spacial score (nSPS) is 18.3. The van der Waals surface area contributed by atoms with Gasteiger partial charge in [0.1, 0.15) is 17.5 Å². The molecule has 0 spiro atoms. The summed E-state index contributed by atoms with van der Waals surface area (Å²) in [6.07, 6.45) is 0. The SMILES string of the molecule is Cc1ccccc1N1C(N)=C(C#N)C(C#N)(C#N)[C@@H]1c1ccccc1. The predicted molar refractivity (Wildman–Crippen MR) is 93.3 cm³/mol. The van der Waals surface area contributed by atoms with Crippen molar-refractivity contribution in [2.24, 2.45) is 11.1 Å². The van der Waals surface area contributed by atoms with Gasteiger partial charge in [0.05, 0.1) is 18.2 Å². The molecule has 0 aliphatic carbocycles. The van der Waals surface area contributed by atoms with Gasteiger partial charge in [0, 0.05) is 5.69 Å². The largest absolute Gasteiger partial charge is 0.384 e. The molecule has 1 heterocycles. The molecular formula is C20H15N5. The number of nitrogens with zero attached hydrogens (tertiary/aromatic N) is 4. The highest BCUT2D eigenvalue weighted by Crippen LogP contribution is 2.52. The van der Waals surface area contributed by atoms with Gasteiger partial charge in [-0.3, -0.25) is 0 Å². The highest BCUT2D eigenvalue weighted by atomic mass is 15.3. The van der Waals surface area contributed by atoms with E-state index in [0.717, 1.165) is 16.8 Å². The fourth-order valence-electron chi connectivity index (χ4n) is 3.33. The van der Waals surface area contributed by atoms with Crippen molar-refractivity contribution in [3.05, 3.63) is 77.1 Å². The van der Waals surface area contributed by atoms with Gasteiger partial charge in [-0.05, 0) is 24.1 Å². The second kappa shape index (κ2) is 6.04. The van der Waals surface area contributed by atoms with Crippen molar-refractivity contribution in [3.8, 4) is 18.2 Å². The van der Waals surface area contributed by atoms with Gasteiger partial charge in [0.15, 0.2) is 0 Å². The van der Waals surface area contributed by atoms with Gasteiger partial charge < -0.3 is 10.6 Å². The van der Waals surface area contributed by atoms with Crippen LogP contribution in [0.15, 0.2) is 66.0 Å². The second-order valence-corrected chi connectivity index (χ2v) is 5.87. The maximum Gasteiger partial charge on any atom is 0.206 e. The fraction of sp³-hybridized carbons (Fsp3) is 0.150. The van der Waals surface area contributed by atoms with Crippen molar-refractivity contribution < 1.29 is 0 Å². The number of anilines is 1. The maximum atomic E-state index is 9.86. The first-order valence-electron chi connectivity index (χ1n) is 7.73. The van der Waals surface area contributed by atoms with Gasteiger partial charge in [0.2, 0.25) is 5.41 Å². The zero-order valence-electron chi connectivity index (χ0n) is 13.6. The summed E-state index contributed by atoms with van der Waals surface area (Å²) in [4.78, 5) is 1.73. The third-order valence-corrected chi connectivity index (χ3v) is 4.53. The van der Waals surface area contributed by atoms with Crippen LogP contribution in [-0.2, 0) is 0 Å². The molecule has 0 radical (unpaired) electrons. The summed E-state index contributed by atoms with van der Waals surface area (Å²) >= 11 is 0. The minimum Gasteiger partial charge on any atom is -0.384 e. The summed E-state index contributed by atoms with van der Waals surface area (Å²) in [5.74, 6) is 0.147. The average Bonchev–Trinajstić information content (AvgIpc) is 2.91. The van der Waals surface area contributed by atoms with Gasteiger partial charge in [-0.1, -0.05) is 48.5 Å². The van der Waals surface area contributed by atoms with Gasteiger partial charge in [0.25, 0.3) is 0 Å². The Labute approximate surface area is 146 Å². The second-order valence-electron chi connectivity index (χ2n) is 5.87. The third-order valence-electron chi connectivity index (χ3n) is 4.53. The molecule has 3 rings (SSSR count). The molecule has 0 aromatic heterocycles. The van der Waals surface area contributed by atoms with E-state index in [2.05, 4.69) is 12.1 Å². The van der Waals surface area contributed by atoms with E-state index in [0.29, 0.717) is 0 Å². The van der Waals surface area contributed by atoms with Gasteiger partial charge >= 0.3 is 0 Å². The molecule has 5 nitrogen and oxygen atoms in total. The summed E-state index contributed by atoms with van der Waals surface area (Å²) in [6, 6.07) is 22.2. The summed E-state index contributed by atoms with van der Waals surface area (Å²) < 4.78 is 0. The Bertz CT molecular complexity index is 956. The molecule has 0 fully saturated rings. The van der Waals surface area contributed by atoms with E-state index in [4.69, 9.17) is 5.73 Å². The third kappa shape index (κ3) is 2.21. The van der Waals surface area contributed by atoms with Gasteiger partial charge in [-0.25, -0.2) is 0 Å². The van der Waals surface area contributed by atoms with Crippen molar-refractivity contribution in [2.45, 2.75) is 13.0 Å². The molecule has 25 heavy (non-hydrogen) atoms. The summed E-state index contributed by atoms with van der Waals surface area (Å²) in [5.41, 5.74) is 7.07. The van der Waals surface area contributed by atoms with E-state index in [1.807, 2.05) is 67.6 Å². The topological polar surface area (TPSA) is 101 Å². The monoisotopic (exact) mass is 325 g/mol. The van der Waals surface area contributed by atoms with E-state index in [9.17, 15) is 15.8 Å². The van der Waals surface area contributed by atoms with Crippen LogP contribution in [0.2, 0.25) is 0 Å². The molecule has 1 aliphatic heterocycles. The zero-order valence-corrected chi connectivity index (χ0v) is 13.6. The molecule has 0 amide bonds. The molecule has 5 heteroatoms. The Balaban J connectivity index is 2.35. The Morgan fingerprint density at radius 1 is 0.960 bits per heavy atom. The van der Waals surface area contributed by atoms with Crippen molar-refractivity contribution in [1.29, 1.82) is 15.8 Å². The highest BCUT2D eigenvalue weighted by molar-refractivity contribution is 5.69. The van der Waals surface area contributed by atoms with Crippen molar-refractivity contribution in [1.82, 2.24) is 0 Å². The molecule has 2 aromatic carbocycles. The van der Waals surface area contributed by atoms with Crippen LogP contribution in [0.5, 0.6) is 0 Å². The van der Waals surface area contributed by atoms with Crippen molar-refractivity contribution in [2.75, 3.05) is 4.90 Å². The zero-order chi connectivity index (χ0) is 18.0. The van der Waals surface area contributed by atoms with Crippen LogP contribution in [0.3, 0.4) is 0 Å². The molecule has 0 saturated heterocycles. The fourth-order valence-corrected chi connectivity index (χ4v) is 3.33. The van der Waals surface area contributed by atoms with Gasteiger partial charge in [-0.15, -0.1) is 0 Å². The lowest BCUT2D eigenvalue weighted by Crippen LogP contribution is -2.34. The van der Waals surface area contributed by atoms with Crippen molar-refractivity contribution >= 4 is 5.69 Å². The first-order chi connectivity index (χ1) is 12.1. The lowest BCUT2D eigenvalue weighted by atomic mass is 9.76. The van der Waals surface area contributed by atoms with Crippen molar-refractivity contribution in [3.63, 3.8) is 0 Å². The number of para-hydroxylation sites is 1. The van der Waals surface area contributed by atoms with E-state index < -0.39 is 11.5 Å². The quantitative estimate of drug-likeness (QED) is 0.913. The lowest BCUT2D eigenvalue weighted by molar-refractivity contribution is 0.521. The van der Waals surface area contributed by atoms with Crippen LogP contribution < -0.4 is 10.6 Å². The molecule has 0 saturated carbocycles. The Hall–Kier alpha value is -3.75. The van der Waals surface area contributed by atoms with Gasteiger partial charge in [-0.2, -0.15) is 15.8 Å². The number of nitriles is 3. The number of hydrogen-bond donors (Lipinski definition) is 1. The van der Waals surface area contributed by atoms with E-state index in [-0.39, 0.29) is 11.4 Å². The van der Waals surface area contributed by atoms with E-state index >= 15 is 0 Å². The molecule has 0 unspecified atom stereocenters. The maximum absolute atomic E-state index is 9.86. The molecule has 2 aromatic rings. The number of nitrogens with two attached hydrogens (primary N) is 1. The van der Waals surface area contributed by atoms with Crippen LogP contribution in [0.4, 0.5) is 5.69 Å². The van der Waals surface area contributed by atoms with Crippen LogP contribution in [0, 0.1) is 46.3 Å². The molecule has 1 atom stereocenters. The molecule has 2 N–H and O–H groups in total. The predicted octanol–water partition coefficient (Wildman–Crippen LogP) is 3.28. The number of rotatable bonds is 2. The van der Waals surface area contributed by atoms with Crippen LogP contribution in [-0.4, -0.2) is 0 Å². The number of benzene rings is 2. The van der Waals surface area contributed by atoms with Crippen LogP contribution >= 0.6 is 0 Å². The standard InChI is InChI=1S/C20H15N5/c1-14-7-5-6-10-17(14)25-18(15-8-3-2-4-9-15)20(12-22,13-23)16(11-21)19(25)24/h2-10,18H,24H2,1H3/t18-/m0/s1. The summed E-state index contributed by atoms with van der Waals surface area (Å²) in [6.45, 7) is 1.93. The molecule has 120 valence electrons. The summed E-state index contributed by atoms with van der Waals surface area (Å²) in [7, 11) is 0. The number of aryl methyl sites for hydroxylation is 1. The Morgan fingerprint density at radius 2 is 1.56 bits per heavy atom. The van der Waals surface area contributed by atoms with E-state index in [1.165, 1.54) is 0 Å². The Morgan fingerprint density at radius 3 is 2.12 bits per heavy atom. The molecule has 0 bridgehead atoms. The van der Waals surface area contributed by atoms with E-state index in [1.54, 1.807) is 4.90 Å². The Kier molecular flexibility index (Phi) is 3.89. The minimum atomic E-state index is -1.66. The minimum absolute atomic E-state index is 0.00499. The highest BCUT2D eigenvalue weighted by Gasteiger charge is 2.55. The van der Waals surface area contributed by atoms with Crippen LogP contribution in [0.25, 0.3) is 0 Å². The first-order valence-corrected chi connectivity index (χ1v) is 7.73. The first kappa shape index (κ1) is 16.1. The number of hydrogen-bond acceptors (Lipinski definition) is 5. The average molecular weight is 325 g/mol. The van der Waals surface area contributed by atoms with Crippen LogP contribution in [0.1, 0.15) is 17.2 Å². The molecule has 1 aliphatic rings. The summed E-state index contributed by atoms with van der Waals surface area (Å²) in [5, 5.41) is 29.3. The lowest BCUT2D eigenvalue weighted by Gasteiger charge is -2.33.